The number of nitrogens with one attached hydrogen (secondary N) is 2. The van der Waals surface area contributed by atoms with Gasteiger partial charge in [-0.2, -0.15) is 0 Å². The first kappa shape index (κ1) is 13.7. The Bertz CT molecular complexity index is 402. The van der Waals surface area contributed by atoms with Crippen LogP contribution in [0.15, 0.2) is 12.4 Å². The average molecular weight is 264 g/mol. The smallest absolute Gasteiger partial charge is 0.271 e. The van der Waals surface area contributed by atoms with Crippen LogP contribution in [0.5, 0.6) is 0 Å². The molecule has 6 nitrogen and oxygen atoms in total. The van der Waals surface area contributed by atoms with Gasteiger partial charge in [0.15, 0.2) is 0 Å². The minimum atomic E-state index is -0.165. The lowest BCUT2D eigenvalue weighted by Gasteiger charge is -2.22. The van der Waals surface area contributed by atoms with Gasteiger partial charge in [0.05, 0.1) is 12.4 Å². The fraction of sp³-hybridized carbons (Fsp3) is 0.615. The van der Waals surface area contributed by atoms with E-state index in [-0.39, 0.29) is 11.9 Å². The lowest BCUT2D eigenvalue weighted by atomic mass is 10.1. The van der Waals surface area contributed by atoms with Crippen molar-refractivity contribution in [3.05, 3.63) is 18.1 Å². The molecule has 19 heavy (non-hydrogen) atoms. The third kappa shape index (κ3) is 4.17. The number of nitrogens with zero attached hydrogens (tertiary/aromatic N) is 2. The van der Waals surface area contributed by atoms with Crippen LogP contribution < -0.4 is 10.6 Å². The Morgan fingerprint density at radius 1 is 1.37 bits per heavy atom. The average Bonchev–Trinajstić information content (AvgIpc) is 2.46. The van der Waals surface area contributed by atoms with E-state index >= 15 is 0 Å². The summed E-state index contributed by atoms with van der Waals surface area (Å²) in [6.45, 7) is 4.34. The molecule has 1 aliphatic heterocycles. The summed E-state index contributed by atoms with van der Waals surface area (Å²) in [5, 5.41) is 6.08. The molecule has 2 heterocycles. The van der Waals surface area contributed by atoms with Gasteiger partial charge in [-0.15, -0.1) is 0 Å². The zero-order valence-electron chi connectivity index (χ0n) is 11.2. The van der Waals surface area contributed by atoms with Gasteiger partial charge in [0.2, 0.25) is 0 Å². The Morgan fingerprint density at radius 2 is 2.16 bits per heavy atom. The highest BCUT2D eigenvalue weighted by Gasteiger charge is 2.17. The van der Waals surface area contributed by atoms with Gasteiger partial charge < -0.3 is 15.4 Å². The van der Waals surface area contributed by atoms with E-state index in [1.54, 1.807) is 6.20 Å². The monoisotopic (exact) mass is 264 g/mol. The normalized spacial score (nSPS) is 16.1. The number of carbonyl (C=O) groups excluding carboxylic acids is 1. The molecule has 0 radical (unpaired) electrons. The third-order valence-corrected chi connectivity index (χ3v) is 3.00. The summed E-state index contributed by atoms with van der Waals surface area (Å²) in [5.41, 5.74) is 0.355. The first-order valence-corrected chi connectivity index (χ1v) is 6.74. The van der Waals surface area contributed by atoms with Gasteiger partial charge in [-0.1, -0.05) is 6.92 Å². The number of carbonyl (C=O) groups is 1. The molecule has 1 amide bonds. The second kappa shape index (κ2) is 7.04. The Kier molecular flexibility index (Phi) is 5.09. The lowest BCUT2D eigenvalue weighted by molar-refractivity contribution is 0.0694. The van der Waals surface area contributed by atoms with Gasteiger partial charge >= 0.3 is 0 Å². The molecule has 0 aliphatic carbocycles. The topological polar surface area (TPSA) is 76.1 Å². The molecule has 1 aromatic heterocycles. The fourth-order valence-corrected chi connectivity index (χ4v) is 1.89. The van der Waals surface area contributed by atoms with Gasteiger partial charge in [-0.3, -0.25) is 4.79 Å². The molecule has 1 aliphatic rings. The van der Waals surface area contributed by atoms with Crippen molar-refractivity contribution < 1.29 is 9.53 Å². The van der Waals surface area contributed by atoms with Gasteiger partial charge in [0.25, 0.3) is 5.91 Å². The Labute approximate surface area is 113 Å². The van der Waals surface area contributed by atoms with E-state index in [4.69, 9.17) is 4.74 Å². The van der Waals surface area contributed by atoms with Crippen molar-refractivity contribution in [2.24, 2.45) is 0 Å². The summed E-state index contributed by atoms with van der Waals surface area (Å²) in [6, 6.07) is 0.181. The second-order valence-electron chi connectivity index (χ2n) is 4.57. The van der Waals surface area contributed by atoms with Crippen LogP contribution in [0, 0.1) is 0 Å². The molecule has 104 valence electrons. The second-order valence-corrected chi connectivity index (χ2v) is 4.57. The first-order valence-electron chi connectivity index (χ1n) is 6.74. The molecule has 0 aromatic carbocycles. The molecule has 1 fully saturated rings. The zero-order chi connectivity index (χ0) is 13.5. The molecule has 0 bridgehead atoms. The quantitative estimate of drug-likeness (QED) is 0.836. The summed E-state index contributed by atoms with van der Waals surface area (Å²) >= 11 is 0. The highest BCUT2D eigenvalue weighted by Crippen LogP contribution is 2.07. The molecule has 2 N–H and O–H groups in total. The maximum absolute atomic E-state index is 12.0. The van der Waals surface area contributed by atoms with E-state index in [1.807, 2.05) is 0 Å². The van der Waals surface area contributed by atoms with Gasteiger partial charge in [-0.25, -0.2) is 9.97 Å². The molecule has 1 saturated heterocycles. The standard InChI is InChI=1S/C13H20N4O2/c1-2-5-14-12-9-15-11(8-16-12)13(18)17-10-3-6-19-7-4-10/h8-10H,2-7H2,1H3,(H,14,16)(H,17,18). The van der Waals surface area contributed by atoms with E-state index < -0.39 is 0 Å². The molecule has 0 unspecified atom stereocenters. The van der Waals surface area contributed by atoms with Crippen molar-refractivity contribution in [1.82, 2.24) is 15.3 Å². The summed E-state index contributed by atoms with van der Waals surface area (Å²) < 4.78 is 5.25. The number of rotatable bonds is 5. The summed E-state index contributed by atoms with van der Waals surface area (Å²) in [7, 11) is 0. The van der Waals surface area contributed by atoms with E-state index in [0.717, 1.165) is 25.8 Å². The molecule has 0 atom stereocenters. The molecule has 1 aromatic rings. The van der Waals surface area contributed by atoms with Crippen molar-refractivity contribution in [2.75, 3.05) is 25.1 Å². The van der Waals surface area contributed by atoms with Gasteiger partial charge in [-0.05, 0) is 19.3 Å². The largest absolute Gasteiger partial charge is 0.381 e. The van der Waals surface area contributed by atoms with E-state index in [1.165, 1.54) is 6.20 Å². The zero-order valence-corrected chi connectivity index (χ0v) is 11.2. The van der Waals surface area contributed by atoms with E-state index in [0.29, 0.717) is 24.7 Å². The fourth-order valence-electron chi connectivity index (χ4n) is 1.89. The third-order valence-electron chi connectivity index (χ3n) is 3.00. The van der Waals surface area contributed by atoms with Crippen molar-refractivity contribution >= 4 is 11.7 Å². The predicted molar refractivity (Wildman–Crippen MR) is 72.1 cm³/mol. The molecule has 2 rings (SSSR count). The molecule has 0 saturated carbocycles. The Hall–Kier alpha value is -1.69. The molecular weight excluding hydrogens is 244 g/mol. The van der Waals surface area contributed by atoms with Crippen molar-refractivity contribution in [3.63, 3.8) is 0 Å². The summed E-state index contributed by atoms with van der Waals surface area (Å²) in [6.07, 6.45) is 5.83. The van der Waals surface area contributed by atoms with Crippen molar-refractivity contribution in [3.8, 4) is 0 Å². The maximum Gasteiger partial charge on any atom is 0.271 e. The van der Waals surface area contributed by atoms with E-state index in [2.05, 4.69) is 27.5 Å². The van der Waals surface area contributed by atoms with Crippen LogP contribution in [-0.2, 0) is 4.74 Å². The van der Waals surface area contributed by atoms with Crippen LogP contribution in [0.25, 0.3) is 0 Å². The number of anilines is 1. The maximum atomic E-state index is 12.0. The van der Waals surface area contributed by atoms with Crippen LogP contribution in [0.2, 0.25) is 0 Å². The molecule has 6 heteroatoms. The van der Waals surface area contributed by atoms with Crippen LogP contribution in [0.1, 0.15) is 36.7 Å². The predicted octanol–water partition coefficient (Wildman–Crippen LogP) is 1.21. The Balaban J connectivity index is 1.87. The van der Waals surface area contributed by atoms with E-state index in [9.17, 15) is 4.79 Å². The number of hydrogen-bond acceptors (Lipinski definition) is 5. The number of ether oxygens (including phenoxy) is 1. The highest BCUT2D eigenvalue weighted by atomic mass is 16.5. The van der Waals surface area contributed by atoms with Crippen LogP contribution in [0.4, 0.5) is 5.82 Å². The summed E-state index contributed by atoms with van der Waals surface area (Å²) in [5.74, 6) is 0.533. The minimum absolute atomic E-state index is 0.165. The van der Waals surface area contributed by atoms with Gasteiger partial charge in [0, 0.05) is 25.8 Å². The van der Waals surface area contributed by atoms with Crippen molar-refractivity contribution in [1.29, 1.82) is 0 Å². The lowest BCUT2D eigenvalue weighted by Crippen LogP contribution is -2.39. The van der Waals surface area contributed by atoms with Crippen LogP contribution in [-0.4, -0.2) is 41.7 Å². The van der Waals surface area contributed by atoms with Gasteiger partial charge in [0.1, 0.15) is 11.5 Å². The molecular formula is C13H20N4O2. The van der Waals surface area contributed by atoms with Crippen LogP contribution >= 0.6 is 0 Å². The molecule has 0 spiro atoms. The van der Waals surface area contributed by atoms with Crippen LogP contribution in [0.3, 0.4) is 0 Å². The SMILES string of the molecule is CCCNc1cnc(C(=O)NC2CCOCC2)cn1. The summed E-state index contributed by atoms with van der Waals surface area (Å²) in [4.78, 5) is 20.3. The first-order chi connectivity index (χ1) is 9.29. The van der Waals surface area contributed by atoms with Crippen molar-refractivity contribution in [2.45, 2.75) is 32.2 Å². The Morgan fingerprint density at radius 3 is 2.79 bits per heavy atom. The number of amides is 1. The number of aromatic nitrogens is 2. The number of hydrogen-bond donors (Lipinski definition) is 2. The highest BCUT2D eigenvalue weighted by molar-refractivity contribution is 5.92. The minimum Gasteiger partial charge on any atom is -0.381 e.